The van der Waals surface area contributed by atoms with Crippen LogP contribution in [-0.4, -0.2) is 26.3 Å². The zero-order chi connectivity index (χ0) is 12.0. The molecule has 0 saturated heterocycles. The van der Waals surface area contributed by atoms with E-state index in [9.17, 15) is 4.79 Å². The molecule has 0 unspecified atom stereocenters. The highest BCUT2D eigenvalue weighted by atomic mass is 79.9. The number of rotatable bonds is 5. The van der Waals surface area contributed by atoms with Crippen molar-refractivity contribution in [3.8, 4) is 11.5 Å². The summed E-state index contributed by atoms with van der Waals surface area (Å²) in [5.74, 6) is 0.682. The lowest BCUT2D eigenvalue weighted by atomic mass is 10.3. The molecule has 0 bridgehead atoms. The van der Waals surface area contributed by atoms with Crippen molar-refractivity contribution in [2.45, 2.75) is 6.92 Å². The fourth-order valence-corrected chi connectivity index (χ4v) is 1.44. The maximum absolute atomic E-state index is 11.1. The molecule has 0 aliphatic rings. The number of carbonyl (C=O) groups is 1. The third-order valence-electron chi connectivity index (χ3n) is 1.78. The average Bonchev–Trinajstić information content (AvgIpc) is 2.27. The summed E-state index contributed by atoms with van der Waals surface area (Å²) in [7, 11) is 1.54. The topological polar surface area (TPSA) is 44.8 Å². The molecule has 16 heavy (non-hydrogen) atoms. The van der Waals surface area contributed by atoms with E-state index in [1.165, 1.54) is 0 Å². The third kappa shape index (κ3) is 3.73. The van der Waals surface area contributed by atoms with Gasteiger partial charge >= 0.3 is 5.97 Å². The number of esters is 1. The maximum Gasteiger partial charge on any atom is 0.344 e. The van der Waals surface area contributed by atoms with Gasteiger partial charge in [0.05, 0.1) is 13.7 Å². The van der Waals surface area contributed by atoms with Crippen LogP contribution in [0.5, 0.6) is 11.5 Å². The van der Waals surface area contributed by atoms with Crippen molar-refractivity contribution in [2.75, 3.05) is 20.3 Å². The summed E-state index contributed by atoms with van der Waals surface area (Å²) in [5, 5.41) is 0. The van der Waals surface area contributed by atoms with Crippen molar-refractivity contribution in [3.63, 3.8) is 0 Å². The minimum atomic E-state index is -0.399. The number of methoxy groups -OCH3 is 1. The molecule has 0 saturated carbocycles. The van der Waals surface area contributed by atoms with Crippen LogP contribution in [0.15, 0.2) is 22.7 Å². The van der Waals surface area contributed by atoms with Gasteiger partial charge in [0.2, 0.25) is 0 Å². The molecule has 0 radical (unpaired) electrons. The van der Waals surface area contributed by atoms with Crippen LogP contribution < -0.4 is 9.47 Å². The fraction of sp³-hybridized carbons (Fsp3) is 0.364. The second kappa shape index (κ2) is 6.37. The van der Waals surface area contributed by atoms with Crippen LogP contribution in [-0.2, 0) is 9.53 Å². The first-order chi connectivity index (χ1) is 7.67. The second-order valence-electron chi connectivity index (χ2n) is 2.89. The van der Waals surface area contributed by atoms with Gasteiger partial charge in [-0.05, 0) is 25.1 Å². The van der Waals surface area contributed by atoms with E-state index in [0.717, 1.165) is 4.47 Å². The Labute approximate surface area is 103 Å². The average molecular weight is 289 g/mol. The molecule has 0 spiro atoms. The summed E-state index contributed by atoms with van der Waals surface area (Å²) in [6, 6.07) is 5.32. The van der Waals surface area contributed by atoms with Crippen molar-refractivity contribution in [1.29, 1.82) is 0 Å². The van der Waals surface area contributed by atoms with E-state index in [1.54, 1.807) is 26.2 Å². The van der Waals surface area contributed by atoms with Gasteiger partial charge in [0, 0.05) is 4.47 Å². The van der Waals surface area contributed by atoms with Crippen LogP contribution in [0, 0.1) is 0 Å². The lowest BCUT2D eigenvalue weighted by Gasteiger charge is -2.10. The normalized spacial score (nSPS) is 9.69. The molecule has 0 heterocycles. The van der Waals surface area contributed by atoms with Gasteiger partial charge in [-0.25, -0.2) is 4.79 Å². The quantitative estimate of drug-likeness (QED) is 0.781. The van der Waals surface area contributed by atoms with Crippen LogP contribution in [0.1, 0.15) is 6.92 Å². The summed E-state index contributed by atoms with van der Waals surface area (Å²) in [6.45, 7) is 1.97. The molecule has 0 N–H and O–H groups in total. The number of hydrogen-bond acceptors (Lipinski definition) is 4. The monoisotopic (exact) mass is 288 g/mol. The molecule has 0 fully saturated rings. The zero-order valence-electron chi connectivity index (χ0n) is 9.16. The first kappa shape index (κ1) is 12.8. The van der Waals surface area contributed by atoms with Gasteiger partial charge in [-0.15, -0.1) is 0 Å². The van der Waals surface area contributed by atoms with Crippen molar-refractivity contribution in [2.24, 2.45) is 0 Å². The summed E-state index contributed by atoms with van der Waals surface area (Å²) < 4.78 is 16.0. The van der Waals surface area contributed by atoms with Crippen LogP contribution in [0.25, 0.3) is 0 Å². The number of carbonyl (C=O) groups excluding carboxylic acids is 1. The van der Waals surface area contributed by atoms with Crippen LogP contribution in [0.4, 0.5) is 0 Å². The van der Waals surface area contributed by atoms with Crippen molar-refractivity contribution in [3.05, 3.63) is 22.7 Å². The van der Waals surface area contributed by atoms with E-state index in [4.69, 9.17) is 14.2 Å². The largest absolute Gasteiger partial charge is 0.493 e. The number of ether oxygens (including phenoxy) is 3. The Kier molecular flexibility index (Phi) is 5.11. The molecule has 1 rings (SSSR count). The van der Waals surface area contributed by atoms with E-state index in [1.807, 2.05) is 6.07 Å². The van der Waals surface area contributed by atoms with E-state index < -0.39 is 5.97 Å². The number of halogens is 1. The first-order valence-corrected chi connectivity index (χ1v) is 5.58. The van der Waals surface area contributed by atoms with Gasteiger partial charge in [0.1, 0.15) is 0 Å². The SMILES string of the molecule is CCOC(=O)COc1cc(Br)ccc1OC. The molecule has 0 atom stereocenters. The lowest BCUT2D eigenvalue weighted by Crippen LogP contribution is -2.14. The van der Waals surface area contributed by atoms with Gasteiger partial charge in [-0.2, -0.15) is 0 Å². The van der Waals surface area contributed by atoms with Gasteiger partial charge in [-0.1, -0.05) is 15.9 Å². The third-order valence-corrected chi connectivity index (χ3v) is 2.27. The molecule has 0 amide bonds. The predicted octanol–water partition coefficient (Wildman–Crippen LogP) is 2.40. The minimum absolute atomic E-state index is 0.124. The van der Waals surface area contributed by atoms with E-state index >= 15 is 0 Å². The Balaban J connectivity index is 2.65. The molecule has 88 valence electrons. The predicted molar refractivity (Wildman–Crippen MR) is 62.8 cm³/mol. The Morgan fingerprint density at radius 1 is 1.38 bits per heavy atom. The van der Waals surface area contributed by atoms with Gasteiger partial charge in [0.25, 0.3) is 0 Å². The smallest absolute Gasteiger partial charge is 0.344 e. The molecule has 1 aromatic carbocycles. The summed E-state index contributed by atoms with van der Waals surface area (Å²) in [4.78, 5) is 11.1. The standard InChI is InChI=1S/C11H13BrO4/c1-3-15-11(13)7-16-10-6-8(12)4-5-9(10)14-2/h4-6H,3,7H2,1-2H3. The summed E-state index contributed by atoms with van der Waals surface area (Å²) in [6.07, 6.45) is 0. The minimum Gasteiger partial charge on any atom is -0.493 e. The Morgan fingerprint density at radius 3 is 2.75 bits per heavy atom. The van der Waals surface area contributed by atoms with E-state index in [2.05, 4.69) is 15.9 Å². The molecule has 5 heteroatoms. The molecule has 1 aromatic rings. The van der Waals surface area contributed by atoms with Gasteiger partial charge in [0.15, 0.2) is 18.1 Å². The molecule has 0 aliphatic carbocycles. The van der Waals surface area contributed by atoms with Crippen LogP contribution in [0.3, 0.4) is 0 Å². The van der Waals surface area contributed by atoms with Crippen molar-refractivity contribution in [1.82, 2.24) is 0 Å². The van der Waals surface area contributed by atoms with Gasteiger partial charge in [-0.3, -0.25) is 0 Å². The van der Waals surface area contributed by atoms with Crippen LogP contribution >= 0.6 is 15.9 Å². The highest BCUT2D eigenvalue weighted by molar-refractivity contribution is 9.10. The number of benzene rings is 1. The second-order valence-corrected chi connectivity index (χ2v) is 3.80. The molecular formula is C11H13BrO4. The Bertz CT molecular complexity index is 365. The van der Waals surface area contributed by atoms with Crippen molar-refractivity contribution < 1.29 is 19.0 Å². The lowest BCUT2D eigenvalue weighted by molar-refractivity contribution is -0.145. The summed E-state index contributed by atoms with van der Waals surface area (Å²) in [5.41, 5.74) is 0. The van der Waals surface area contributed by atoms with E-state index in [0.29, 0.717) is 18.1 Å². The summed E-state index contributed by atoms with van der Waals surface area (Å²) >= 11 is 3.31. The highest BCUT2D eigenvalue weighted by Crippen LogP contribution is 2.30. The van der Waals surface area contributed by atoms with Crippen LogP contribution in [0.2, 0.25) is 0 Å². The van der Waals surface area contributed by atoms with Crippen molar-refractivity contribution >= 4 is 21.9 Å². The molecule has 4 nitrogen and oxygen atoms in total. The Morgan fingerprint density at radius 2 is 2.12 bits per heavy atom. The van der Waals surface area contributed by atoms with Gasteiger partial charge < -0.3 is 14.2 Å². The highest BCUT2D eigenvalue weighted by Gasteiger charge is 2.08. The molecule has 0 aromatic heterocycles. The van der Waals surface area contributed by atoms with E-state index in [-0.39, 0.29) is 6.61 Å². The number of hydrogen-bond donors (Lipinski definition) is 0. The first-order valence-electron chi connectivity index (χ1n) is 4.79. The molecule has 0 aliphatic heterocycles. The fourth-order valence-electron chi connectivity index (χ4n) is 1.10. The molecular weight excluding hydrogens is 276 g/mol. The Hall–Kier alpha value is -1.23. The maximum atomic E-state index is 11.1. The zero-order valence-corrected chi connectivity index (χ0v) is 10.7.